The van der Waals surface area contributed by atoms with Gasteiger partial charge in [-0.05, 0) is 24.1 Å². The Kier molecular flexibility index (Phi) is 1.63. The number of aldehydes is 1. The third-order valence-corrected chi connectivity index (χ3v) is 3.17. The smallest absolute Gasteiger partial charge is 0.166 e. The van der Waals surface area contributed by atoms with Crippen LogP contribution in [0.5, 0.6) is 0 Å². The molecular formula is C12H12N2O. The zero-order chi connectivity index (χ0) is 10.4. The summed E-state index contributed by atoms with van der Waals surface area (Å²) in [7, 11) is 2.09. The van der Waals surface area contributed by atoms with Crippen LogP contribution in [0.4, 0.5) is 5.69 Å². The number of aromatic amines is 1. The molecule has 1 aromatic heterocycles. The molecule has 0 bridgehead atoms. The highest BCUT2D eigenvalue weighted by molar-refractivity contribution is 6.01. The molecule has 1 aromatic carbocycles. The van der Waals surface area contributed by atoms with Crippen molar-refractivity contribution in [1.82, 2.24) is 4.98 Å². The maximum absolute atomic E-state index is 10.9. The standard InChI is InChI=1S/C12H12N2O/c1-14-6-5-8-10(7-15)13-9-3-2-4-11(14)12(8)9/h2-4,7,13H,5-6H2,1H3. The van der Waals surface area contributed by atoms with Crippen molar-refractivity contribution in [3.05, 3.63) is 29.5 Å². The average Bonchev–Trinajstić information content (AvgIpc) is 2.63. The van der Waals surface area contributed by atoms with Crippen LogP contribution in [-0.2, 0) is 6.42 Å². The maximum Gasteiger partial charge on any atom is 0.166 e. The number of carbonyl (C=O) groups is 1. The Balaban J connectivity index is 2.45. The van der Waals surface area contributed by atoms with E-state index in [1.807, 2.05) is 12.1 Å². The van der Waals surface area contributed by atoms with E-state index in [1.165, 1.54) is 16.6 Å². The summed E-state index contributed by atoms with van der Waals surface area (Å²) < 4.78 is 0. The topological polar surface area (TPSA) is 36.1 Å². The van der Waals surface area contributed by atoms with E-state index in [4.69, 9.17) is 0 Å². The Morgan fingerprint density at radius 1 is 1.47 bits per heavy atom. The number of anilines is 1. The SMILES string of the molecule is CN1CCc2c(C=O)[nH]c3cccc1c23. The first-order valence-corrected chi connectivity index (χ1v) is 5.11. The van der Waals surface area contributed by atoms with Crippen LogP contribution in [0.2, 0.25) is 0 Å². The summed E-state index contributed by atoms with van der Waals surface area (Å²) in [6, 6.07) is 6.15. The fourth-order valence-corrected chi connectivity index (χ4v) is 2.39. The molecule has 2 heterocycles. The maximum atomic E-state index is 10.9. The van der Waals surface area contributed by atoms with Gasteiger partial charge in [0.25, 0.3) is 0 Å². The van der Waals surface area contributed by atoms with Gasteiger partial charge in [-0.2, -0.15) is 0 Å². The molecule has 1 aliphatic rings. The summed E-state index contributed by atoms with van der Waals surface area (Å²) in [6.07, 6.45) is 1.87. The van der Waals surface area contributed by atoms with Gasteiger partial charge in [-0.3, -0.25) is 4.79 Å². The Morgan fingerprint density at radius 2 is 2.33 bits per heavy atom. The first kappa shape index (κ1) is 8.53. The van der Waals surface area contributed by atoms with Crippen molar-refractivity contribution in [2.45, 2.75) is 6.42 Å². The first-order chi connectivity index (χ1) is 7.31. The lowest BCUT2D eigenvalue weighted by Gasteiger charge is -2.25. The Morgan fingerprint density at radius 3 is 3.13 bits per heavy atom. The lowest BCUT2D eigenvalue weighted by molar-refractivity contribution is 0.111. The van der Waals surface area contributed by atoms with Crippen LogP contribution in [0, 0.1) is 0 Å². The van der Waals surface area contributed by atoms with Gasteiger partial charge in [-0.25, -0.2) is 0 Å². The molecular weight excluding hydrogens is 188 g/mol. The van der Waals surface area contributed by atoms with Crippen molar-refractivity contribution in [2.24, 2.45) is 0 Å². The second-order valence-corrected chi connectivity index (χ2v) is 4.01. The molecule has 0 radical (unpaired) electrons. The van der Waals surface area contributed by atoms with E-state index in [0.29, 0.717) is 0 Å². The normalized spacial score (nSPS) is 14.6. The van der Waals surface area contributed by atoms with E-state index < -0.39 is 0 Å². The number of benzene rings is 1. The molecule has 3 rings (SSSR count). The predicted molar refractivity (Wildman–Crippen MR) is 60.7 cm³/mol. The van der Waals surface area contributed by atoms with Crippen LogP contribution in [0.25, 0.3) is 10.9 Å². The van der Waals surface area contributed by atoms with Crippen LogP contribution < -0.4 is 4.90 Å². The molecule has 1 N–H and O–H groups in total. The molecule has 1 aliphatic heterocycles. The quantitative estimate of drug-likeness (QED) is 0.714. The van der Waals surface area contributed by atoms with Crippen LogP contribution in [0.3, 0.4) is 0 Å². The molecule has 0 saturated carbocycles. The number of H-pyrrole nitrogens is 1. The van der Waals surface area contributed by atoms with Gasteiger partial charge < -0.3 is 9.88 Å². The molecule has 0 atom stereocenters. The van der Waals surface area contributed by atoms with Crippen molar-refractivity contribution >= 4 is 22.9 Å². The third kappa shape index (κ3) is 1.03. The summed E-state index contributed by atoms with van der Waals surface area (Å²) in [4.78, 5) is 16.3. The summed E-state index contributed by atoms with van der Waals surface area (Å²) in [5.74, 6) is 0. The molecule has 0 aliphatic carbocycles. The number of hydrogen-bond acceptors (Lipinski definition) is 2. The lowest BCUT2D eigenvalue weighted by atomic mass is 10.0. The largest absolute Gasteiger partial charge is 0.374 e. The van der Waals surface area contributed by atoms with Crippen molar-refractivity contribution in [3.8, 4) is 0 Å². The molecule has 0 amide bonds. The van der Waals surface area contributed by atoms with Crippen molar-refractivity contribution in [2.75, 3.05) is 18.5 Å². The summed E-state index contributed by atoms with van der Waals surface area (Å²) >= 11 is 0. The second-order valence-electron chi connectivity index (χ2n) is 4.01. The number of likely N-dealkylation sites (N-methyl/N-ethyl adjacent to an activating group) is 1. The Hall–Kier alpha value is -1.77. The number of aromatic nitrogens is 1. The summed E-state index contributed by atoms with van der Waals surface area (Å²) in [5.41, 5.74) is 4.20. The highest BCUT2D eigenvalue weighted by Gasteiger charge is 2.20. The van der Waals surface area contributed by atoms with Gasteiger partial charge in [-0.1, -0.05) is 6.07 Å². The van der Waals surface area contributed by atoms with Gasteiger partial charge in [0.05, 0.1) is 5.69 Å². The molecule has 2 aromatic rings. The highest BCUT2D eigenvalue weighted by atomic mass is 16.1. The van der Waals surface area contributed by atoms with Gasteiger partial charge >= 0.3 is 0 Å². The predicted octanol–water partition coefficient (Wildman–Crippen LogP) is 1.97. The van der Waals surface area contributed by atoms with Gasteiger partial charge in [0.1, 0.15) is 0 Å². The molecule has 15 heavy (non-hydrogen) atoms. The number of nitrogens with one attached hydrogen (secondary N) is 1. The van der Waals surface area contributed by atoms with Gasteiger partial charge in [0, 0.05) is 30.2 Å². The van der Waals surface area contributed by atoms with Crippen molar-refractivity contribution < 1.29 is 4.79 Å². The minimum absolute atomic E-state index is 0.741. The van der Waals surface area contributed by atoms with Crippen LogP contribution in [-0.4, -0.2) is 24.9 Å². The molecule has 0 unspecified atom stereocenters. The highest BCUT2D eigenvalue weighted by Crippen LogP contribution is 2.34. The van der Waals surface area contributed by atoms with Crippen LogP contribution in [0.1, 0.15) is 16.1 Å². The Bertz CT molecular complexity index is 542. The van der Waals surface area contributed by atoms with E-state index in [9.17, 15) is 4.79 Å². The fraction of sp³-hybridized carbons (Fsp3) is 0.250. The van der Waals surface area contributed by atoms with E-state index in [0.717, 1.165) is 30.5 Å². The first-order valence-electron chi connectivity index (χ1n) is 5.11. The minimum Gasteiger partial charge on any atom is -0.374 e. The van der Waals surface area contributed by atoms with E-state index >= 15 is 0 Å². The molecule has 3 heteroatoms. The van der Waals surface area contributed by atoms with E-state index in [2.05, 4.69) is 23.0 Å². The number of nitrogens with zero attached hydrogens (tertiary/aromatic N) is 1. The molecule has 3 nitrogen and oxygen atoms in total. The minimum atomic E-state index is 0.741. The molecule has 0 spiro atoms. The van der Waals surface area contributed by atoms with Crippen LogP contribution >= 0.6 is 0 Å². The van der Waals surface area contributed by atoms with E-state index in [1.54, 1.807) is 0 Å². The molecule has 0 fully saturated rings. The second kappa shape index (κ2) is 2.86. The van der Waals surface area contributed by atoms with Crippen molar-refractivity contribution in [3.63, 3.8) is 0 Å². The third-order valence-electron chi connectivity index (χ3n) is 3.17. The van der Waals surface area contributed by atoms with Crippen LogP contribution in [0.15, 0.2) is 18.2 Å². The Labute approximate surface area is 87.7 Å². The van der Waals surface area contributed by atoms with Gasteiger partial charge in [-0.15, -0.1) is 0 Å². The number of rotatable bonds is 1. The zero-order valence-corrected chi connectivity index (χ0v) is 8.58. The lowest BCUT2D eigenvalue weighted by Crippen LogP contribution is -2.24. The average molecular weight is 200 g/mol. The number of hydrogen-bond donors (Lipinski definition) is 1. The van der Waals surface area contributed by atoms with Crippen molar-refractivity contribution in [1.29, 1.82) is 0 Å². The fourth-order valence-electron chi connectivity index (χ4n) is 2.39. The number of carbonyl (C=O) groups excluding carboxylic acids is 1. The summed E-state index contributed by atoms with van der Waals surface area (Å²) in [5, 5.41) is 1.22. The monoisotopic (exact) mass is 200 g/mol. The van der Waals surface area contributed by atoms with Gasteiger partial charge in [0.15, 0.2) is 6.29 Å². The summed E-state index contributed by atoms with van der Waals surface area (Å²) in [6.45, 7) is 0.977. The van der Waals surface area contributed by atoms with E-state index in [-0.39, 0.29) is 0 Å². The molecule has 76 valence electrons. The zero-order valence-electron chi connectivity index (χ0n) is 8.58. The van der Waals surface area contributed by atoms with Gasteiger partial charge in [0.2, 0.25) is 0 Å². The molecule has 0 saturated heterocycles.